The number of hydrogen-bond acceptors (Lipinski definition) is 4. The van der Waals surface area contributed by atoms with Gasteiger partial charge < -0.3 is 10.6 Å². The third-order valence-corrected chi connectivity index (χ3v) is 5.33. The summed E-state index contributed by atoms with van der Waals surface area (Å²) in [5.41, 5.74) is 6.61. The van der Waals surface area contributed by atoms with Crippen molar-refractivity contribution < 1.29 is 23.2 Å². The largest absolute Gasteiger partial charge is 0.340 e. The Kier molecular flexibility index (Phi) is 7.15. The maximum atomic E-state index is 13.6. The van der Waals surface area contributed by atoms with Crippen molar-refractivity contribution in [2.45, 2.75) is 31.3 Å². The summed E-state index contributed by atoms with van der Waals surface area (Å²) < 4.78 is 27.3. The van der Waals surface area contributed by atoms with E-state index in [2.05, 4.69) is 0 Å². The highest BCUT2D eigenvalue weighted by molar-refractivity contribution is 6.03. The molecule has 3 rings (SSSR count). The van der Waals surface area contributed by atoms with Crippen LogP contribution in [0.3, 0.4) is 0 Å². The lowest BCUT2D eigenvalue weighted by atomic mass is 9.89. The maximum Gasteiger partial charge on any atom is 0.246 e. The number of amides is 3. The molecule has 1 aliphatic rings. The minimum absolute atomic E-state index is 0.0520. The minimum atomic E-state index is -1.19. The Balaban J connectivity index is 2.07. The number of likely N-dealkylation sites (N-methyl/N-ethyl adjacent to an activating group) is 1. The average molecular weight is 441 g/mol. The van der Waals surface area contributed by atoms with Crippen LogP contribution in [0.4, 0.5) is 8.78 Å². The number of nitrogens with zero attached hydrogens (tertiary/aromatic N) is 2. The van der Waals surface area contributed by atoms with E-state index in [4.69, 9.17) is 5.73 Å². The Hall–Kier alpha value is -3.39. The lowest BCUT2D eigenvalue weighted by Crippen LogP contribution is -2.58. The van der Waals surface area contributed by atoms with Crippen LogP contribution >= 0.6 is 0 Å². The summed E-state index contributed by atoms with van der Waals surface area (Å²) in [6.45, 7) is 1.73. The number of nitrogens with two attached hydrogens (primary N) is 1. The Morgan fingerprint density at radius 2 is 1.78 bits per heavy atom. The van der Waals surface area contributed by atoms with Gasteiger partial charge in [-0.15, -0.1) is 0 Å². The first kappa shape index (κ1) is 23.3. The molecule has 2 aromatic rings. The van der Waals surface area contributed by atoms with Crippen LogP contribution in [-0.2, 0) is 20.8 Å². The number of carbonyl (C=O) groups excluding carboxylic acids is 3. The van der Waals surface area contributed by atoms with E-state index in [1.165, 1.54) is 11.8 Å². The molecule has 0 bridgehead atoms. The lowest BCUT2D eigenvalue weighted by Gasteiger charge is -2.35. The molecule has 0 saturated carbocycles. The van der Waals surface area contributed by atoms with E-state index in [1.54, 1.807) is 31.3 Å². The normalized spacial score (nSPS) is 19.4. The first-order valence-electron chi connectivity index (χ1n) is 10.2. The second kappa shape index (κ2) is 9.82. The van der Waals surface area contributed by atoms with Crippen LogP contribution < -0.4 is 5.73 Å². The zero-order chi connectivity index (χ0) is 23.4. The van der Waals surface area contributed by atoms with E-state index < -0.39 is 53.8 Å². The number of hydrogen-bond donors (Lipinski definition) is 1. The molecule has 1 aliphatic heterocycles. The monoisotopic (exact) mass is 441 g/mol. The summed E-state index contributed by atoms with van der Waals surface area (Å²) in [7, 11) is 1.58. The average Bonchev–Trinajstić information content (AvgIpc) is 2.87. The Bertz CT molecular complexity index is 1020. The van der Waals surface area contributed by atoms with E-state index in [0.717, 1.165) is 22.6 Å². The van der Waals surface area contributed by atoms with Crippen LogP contribution in [0.1, 0.15) is 24.0 Å². The van der Waals surface area contributed by atoms with E-state index in [0.29, 0.717) is 12.6 Å². The van der Waals surface area contributed by atoms with Crippen LogP contribution in [0.5, 0.6) is 0 Å². The van der Waals surface area contributed by atoms with Gasteiger partial charge in [0.25, 0.3) is 0 Å². The topological polar surface area (TPSA) is 83.7 Å². The predicted molar refractivity (Wildman–Crippen MR) is 115 cm³/mol. The third-order valence-electron chi connectivity index (χ3n) is 5.33. The van der Waals surface area contributed by atoms with Crippen LogP contribution in [0.15, 0.2) is 60.7 Å². The van der Waals surface area contributed by atoms with Crippen molar-refractivity contribution in [3.8, 4) is 0 Å². The van der Waals surface area contributed by atoms with Crippen molar-refractivity contribution in [3.05, 3.63) is 83.4 Å². The van der Waals surface area contributed by atoms with E-state index in [1.807, 2.05) is 18.2 Å². The quantitative estimate of drug-likeness (QED) is 0.723. The molecule has 3 atom stereocenters. The summed E-state index contributed by atoms with van der Waals surface area (Å²) in [6, 6.07) is 9.51. The van der Waals surface area contributed by atoms with Gasteiger partial charge in [-0.3, -0.25) is 19.3 Å². The van der Waals surface area contributed by atoms with Gasteiger partial charge in [-0.1, -0.05) is 42.5 Å². The Morgan fingerprint density at radius 3 is 2.38 bits per heavy atom. The van der Waals surface area contributed by atoms with Gasteiger partial charge in [0, 0.05) is 25.6 Å². The number of imide groups is 1. The molecule has 0 unspecified atom stereocenters. The molecule has 0 radical (unpaired) electrons. The van der Waals surface area contributed by atoms with Crippen molar-refractivity contribution in [1.29, 1.82) is 0 Å². The smallest absolute Gasteiger partial charge is 0.246 e. The molecule has 32 heavy (non-hydrogen) atoms. The SMILES string of the molecule is C[C@H](N)C(=O)N(C(=O)Cc1cc(F)cc(F)c1)[C@@H]1C(=O)N(C)CC=C[C@H]1c1ccccc1. The number of carbonyl (C=O) groups is 3. The summed E-state index contributed by atoms with van der Waals surface area (Å²) in [4.78, 5) is 42.0. The number of rotatable bonds is 5. The lowest BCUT2D eigenvalue weighted by molar-refractivity contribution is -0.155. The Morgan fingerprint density at radius 1 is 1.16 bits per heavy atom. The van der Waals surface area contributed by atoms with E-state index >= 15 is 0 Å². The highest BCUT2D eigenvalue weighted by Gasteiger charge is 2.42. The zero-order valence-electron chi connectivity index (χ0n) is 17.9. The van der Waals surface area contributed by atoms with E-state index in [9.17, 15) is 23.2 Å². The molecule has 2 N–H and O–H groups in total. The Labute approximate surface area is 185 Å². The fourth-order valence-corrected chi connectivity index (χ4v) is 3.79. The van der Waals surface area contributed by atoms with Gasteiger partial charge in [-0.25, -0.2) is 8.78 Å². The second-order valence-corrected chi connectivity index (χ2v) is 7.87. The van der Waals surface area contributed by atoms with Gasteiger partial charge >= 0.3 is 0 Å². The zero-order valence-corrected chi connectivity index (χ0v) is 17.9. The standard InChI is InChI=1S/C24H25F2N3O3/c1-15(27)23(31)29(21(30)13-16-11-18(25)14-19(26)12-16)22-20(17-7-4-3-5-8-17)9-6-10-28(2)24(22)32/h3-9,11-12,14-15,20,22H,10,13,27H2,1-2H3/t15-,20-,22-/m0/s1. The molecule has 0 aromatic heterocycles. The van der Waals surface area contributed by atoms with Gasteiger partial charge in [-0.05, 0) is 30.2 Å². The maximum absolute atomic E-state index is 13.6. The molecule has 8 heteroatoms. The van der Waals surface area contributed by atoms with E-state index in [-0.39, 0.29) is 5.56 Å². The first-order valence-corrected chi connectivity index (χ1v) is 10.2. The van der Waals surface area contributed by atoms with Crippen molar-refractivity contribution in [2.75, 3.05) is 13.6 Å². The van der Waals surface area contributed by atoms with Gasteiger partial charge in [-0.2, -0.15) is 0 Å². The number of halogens is 2. The van der Waals surface area contributed by atoms with Crippen molar-refractivity contribution in [2.24, 2.45) is 5.73 Å². The van der Waals surface area contributed by atoms with Gasteiger partial charge in [0.05, 0.1) is 12.5 Å². The molecular weight excluding hydrogens is 416 g/mol. The summed E-state index contributed by atoms with van der Waals surface area (Å²) >= 11 is 0. The van der Waals surface area contributed by atoms with Crippen molar-refractivity contribution >= 4 is 17.7 Å². The first-order chi connectivity index (χ1) is 15.2. The fourth-order valence-electron chi connectivity index (χ4n) is 3.79. The molecule has 2 aromatic carbocycles. The van der Waals surface area contributed by atoms with Crippen LogP contribution in [0.2, 0.25) is 0 Å². The third kappa shape index (κ3) is 5.08. The summed E-state index contributed by atoms with van der Waals surface area (Å²) in [5, 5.41) is 0. The summed E-state index contributed by atoms with van der Waals surface area (Å²) in [6.07, 6.45) is 3.13. The van der Waals surface area contributed by atoms with Gasteiger partial charge in [0.15, 0.2) is 0 Å². The molecule has 0 spiro atoms. The van der Waals surface area contributed by atoms with Crippen molar-refractivity contribution in [1.82, 2.24) is 9.80 Å². The molecule has 3 amide bonds. The summed E-state index contributed by atoms with van der Waals surface area (Å²) in [5.74, 6) is -4.22. The predicted octanol–water partition coefficient (Wildman–Crippen LogP) is 2.39. The molecule has 0 fully saturated rings. The van der Waals surface area contributed by atoms with Crippen LogP contribution in [-0.4, -0.2) is 53.2 Å². The highest BCUT2D eigenvalue weighted by Crippen LogP contribution is 2.30. The molecule has 0 aliphatic carbocycles. The van der Waals surface area contributed by atoms with Crippen LogP contribution in [0.25, 0.3) is 0 Å². The van der Waals surface area contributed by atoms with Crippen molar-refractivity contribution in [3.63, 3.8) is 0 Å². The molecule has 168 valence electrons. The fraction of sp³-hybridized carbons (Fsp3) is 0.292. The molecule has 6 nitrogen and oxygen atoms in total. The molecule has 0 saturated heterocycles. The van der Waals surface area contributed by atoms with Gasteiger partial charge in [0.1, 0.15) is 17.7 Å². The molecular formula is C24H25F2N3O3. The van der Waals surface area contributed by atoms with Crippen LogP contribution in [0, 0.1) is 11.6 Å². The number of benzene rings is 2. The minimum Gasteiger partial charge on any atom is -0.340 e. The second-order valence-electron chi connectivity index (χ2n) is 7.87. The highest BCUT2D eigenvalue weighted by atomic mass is 19.1. The van der Waals surface area contributed by atoms with Gasteiger partial charge in [0.2, 0.25) is 17.7 Å². The molecule has 1 heterocycles.